The summed E-state index contributed by atoms with van der Waals surface area (Å²) in [6, 6.07) is 25.2. The Kier molecular flexibility index (Phi) is 7.60. The molecule has 4 aromatic carbocycles. The number of nitrogens with one attached hydrogen (secondary N) is 2. The summed E-state index contributed by atoms with van der Waals surface area (Å²) >= 11 is 0. The van der Waals surface area contributed by atoms with Crippen LogP contribution in [0.3, 0.4) is 0 Å². The highest BCUT2D eigenvalue weighted by atomic mass is 32.2. The van der Waals surface area contributed by atoms with Crippen LogP contribution >= 0.6 is 0 Å². The minimum Gasteiger partial charge on any atom is -0.507 e. The zero-order valence-corrected chi connectivity index (χ0v) is 21.2. The third kappa shape index (κ3) is 6.04. The van der Waals surface area contributed by atoms with Crippen LogP contribution < -0.4 is 10.0 Å². The number of amides is 1. The van der Waals surface area contributed by atoms with Crippen molar-refractivity contribution in [2.75, 3.05) is 11.3 Å². The Morgan fingerprint density at radius 1 is 0.889 bits per heavy atom. The summed E-state index contributed by atoms with van der Waals surface area (Å²) < 4.78 is 28.5. The number of aromatic hydroxyl groups is 1. The van der Waals surface area contributed by atoms with Crippen molar-refractivity contribution in [3.63, 3.8) is 0 Å². The highest BCUT2D eigenvalue weighted by Gasteiger charge is 2.20. The Labute approximate surface area is 212 Å². The number of aryl methyl sites for hydroxylation is 1. The van der Waals surface area contributed by atoms with E-state index in [2.05, 4.69) is 22.2 Å². The van der Waals surface area contributed by atoms with Crippen molar-refractivity contribution in [3.05, 3.63) is 102 Å². The van der Waals surface area contributed by atoms with Gasteiger partial charge in [-0.3, -0.25) is 9.52 Å². The first-order chi connectivity index (χ1) is 17.2. The molecule has 0 aliphatic carbocycles. The molecular formula is C29H30N2O4S. The third-order valence-electron chi connectivity index (χ3n) is 6.07. The molecule has 0 fully saturated rings. The molecule has 7 heteroatoms. The van der Waals surface area contributed by atoms with Gasteiger partial charge in [-0.05, 0) is 77.1 Å². The summed E-state index contributed by atoms with van der Waals surface area (Å²) in [5, 5.41) is 14.7. The quantitative estimate of drug-likeness (QED) is 0.251. The minimum atomic E-state index is -3.99. The fourth-order valence-corrected chi connectivity index (χ4v) is 5.19. The van der Waals surface area contributed by atoms with Gasteiger partial charge < -0.3 is 10.4 Å². The molecule has 4 aromatic rings. The number of phenolic OH excluding ortho intramolecular Hbond substituents is 1. The number of carbonyl (C=O) groups is 1. The fraction of sp³-hybridized carbons (Fsp3) is 0.207. The molecule has 4 rings (SSSR count). The standard InChI is InChI=1S/C29H30N2O4S/c1-20(2)22-13-15-27(32)28(19-22)36(34,35)31-26-14-12-23-17-25(11-10-24(23)18-26)29(33)30-16-6-9-21-7-4-3-5-8-21/h3-5,7-8,10-15,17-20,31-32H,6,9,16H2,1-2H3,(H,30,33). The van der Waals surface area contributed by atoms with E-state index in [-0.39, 0.29) is 22.5 Å². The summed E-state index contributed by atoms with van der Waals surface area (Å²) in [6.45, 7) is 4.49. The van der Waals surface area contributed by atoms with Crippen molar-refractivity contribution in [2.45, 2.75) is 37.5 Å². The summed E-state index contributed by atoms with van der Waals surface area (Å²) in [7, 11) is -3.99. The molecule has 0 saturated carbocycles. The second-order valence-electron chi connectivity index (χ2n) is 9.11. The van der Waals surface area contributed by atoms with Gasteiger partial charge in [-0.1, -0.05) is 62.4 Å². The van der Waals surface area contributed by atoms with E-state index < -0.39 is 10.0 Å². The highest BCUT2D eigenvalue weighted by Crippen LogP contribution is 2.29. The maximum Gasteiger partial charge on any atom is 0.265 e. The predicted octanol–water partition coefficient (Wildman–Crippen LogP) is 5.83. The summed E-state index contributed by atoms with van der Waals surface area (Å²) in [5.74, 6) is -0.321. The normalized spacial score (nSPS) is 11.5. The van der Waals surface area contributed by atoms with Crippen LogP contribution in [0.1, 0.15) is 47.7 Å². The zero-order valence-electron chi connectivity index (χ0n) is 20.4. The van der Waals surface area contributed by atoms with Gasteiger partial charge in [0.05, 0.1) is 0 Å². The van der Waals surface area contributed by atoms with Gasteiger partial charge in [-0.2, -0.15) is 0 Å². The van der Waals surface area contributed by atoms with Crippen LogP contribution in [-0.4, -0.2) is 26.0 Å². The highest BCUT2D eigenvalue weighted by molar-refractivity contribution is 7.92. The SMILES string of the molecule is CC(C)c1ccc(O)c(S(=O)(=O)Nc2ccc3cc(C(=O)NCCCc4ccccc4)ccc3c2)c1. The van der Waals surface area contributed by atoms with E-state index in [0.29, 0.717) is 17.8 Å². The van der Waals surface area contributed by atoms with Gasteiger partial charge in [-0.25, -0.2) is 8.42 Å². The minimum absolute atomic E-state index is 0.121. The van der Waals surface area contributed by atoms with Crippen molar-refractivity contribution in [3.8, 4) is 5.75 Å². The van der Waals surface area contributed by atoms with E-state index in [1.807, 2.05) is 32.0 Å². The number of anilines is 1. The summed E-state index contributed by atoms with van der Waals surface area (Å²) in [4.78, 5) is 12.4. The number of benzene rings is 4. The van der Waals surface area contributed by atoms with Gasteiger partial charge in [0.1, 0.15) is 10.6 Å². The van der Waals surface area contributed by atoms with E-state index in [4.69, 9.17) is 0 Å². The average molecular weight is 503 g/mol. The molecule has 36 heavy (non-hydrogen) atoms. The van der Waals surface area contributed by atoms with E-state index in [9.17, 15) is 18.3 Å². The molecule has 186 valence electrons. The molecule has 0 spiro atoms. The molecule has 0 saturated heterocycles. The van der Waals surface area contributed by atoms with Crippen LogP contribution in [0.25, 0.3) is 10.8 Å². The first kappa shape index (κ1) is 25.3. The Morgan fingerprint density at radius 2 is 1.61 bits per heavy atom. The topological polar surface area (TPSA) is 95.5 Å². The number of carbonyl (C=O) groups excluding carboxylic acids is 1. The number of phenols is 1. The maximum atomic E-state index is 13.0. The molecule has 0 unspecified atom stereocenters. The second kappa shape index (κ2) is 10.8. The van der Waals surface area contributed by atoms with Crippen molar-refractivity contribution in [1.29, 1.82) is 0 Å². The van der Waals surface area contributed by atoms with Crippen molar-refractivity contribution >= 4 is 32.4 Å². The Balaban J connectivity index is 1.43. The van der Waals surface area contributed by atoms with Crippen LogP contribution in [0.5, 0.6) is 5.75 Å². The van der Waals surface area contributed by atoms with E-state index >= 15 is 0 Å². The van der Waals surface area contributed by atoms with Crippen LogP contribution in [-0.2, 0) is 16.4 Å². The molecule has 0 aliphatic heterocycles. The fourth-order valence-electron chi connectivity index (χ4n) is 4.01. The van der Waals surface area contributed by atoms with Crippen LogP contribution in [0.15, 0.2) is 89.8 Å². The number of sulfonamides is 1. The molecule has 3 N–H and O–H groups in total. The van der Waals surface area contributed by atoms with Crippen LogP contribution in [0, 0.1) is 0 Å². The average Bonchev–Trinajstić information content (AvgIpc) is 2.86. The molecule has 0 aliphatic rings. The van der Waals surface area contributed by atoms with Gasteiger partial charge in [0, 0.05) is 17.8 Å². The van der Waals surface area contributed by atoms with E-state index in [0.717, 1.165) is 29.2 Å². The maximum absolute atomic E-state index is 13.0. The van der Waals surface area contributed by atoms with Gasteiger partial charge in [0.25, 0.3) is 15.9 Å². The molecule has 0 aromatic heterocycles. The molecule has 1 amide bonds. The Bertz CT molecular complexity index is 1480. The lowest BCUT2D eigenvalue weighted by Gasteiger charge is -2.13. The number of fused-ring (bicyclic) bond motifs is 1. The largest absolute Gasteiger partial charge is 0.507 e. The molecule has 6 nitrogen and oxygen atoms in total. The smallest absolute Gasteiger partial charge is 0.265 e. The first-order valence-electron chi connectivity index (χ1n) is 11.9. The van der Waals surface area contributed by atoms with Gasteiger partial charge in [0.2, 0.25) is 0 Å². The second-order valence-corrected chi connectivity index (χ2v) is 10.8. The van der Waals surface area contributed by atoms with Crippen molar-refractivity contribution in [2.24, 2.45) is 0 Å². The number of hydrogen-bond donors (Lipinski definition) is 3. The molecule has 0 heterocycles. The first-order valence-corrected chi connectivity index (χ1v) is 13.4. The monoisotopic (exact) mass is 502 g/mol. The van der Waals surface area contributed by atoms with Crippen LogP contribution in [0.2, 0.25) is 0 Å². The molecule has 0 atom stereocenters. The molecule has 0 radical (unpaired) electrons. The Morgan fingerprint density at radius 3 is 2.36 bits per heavy atom. The summed E-state index contributed by atoms with van der Waals surface area (Å²) in [6.07, 6.45) is 1.75. The lowest BCUT2D eigenvalue weighted by molar-refractivity contribution is 0.0953. The Hall–Kier alpha value is -3.84. The van der Waals surface area contributed by atoms with Gasteiger partial charge in [-0.15, -0.1) is 0 Å². The third-order valence-corrected chi connectivity index (χ3v) is 7.48. The lowest BCUT2D eigenvalue weighted by Crippen LogP contribution is -2.24. The summed E-state index contributed by atoms with van der Waals surface area (Å²) in [5.41, 5.74) is 2.98. The van der Waals surface area contributed by atoms with E-state index in [1.165, 1.54) is 17.7 Å². The number of hydrogen-bond acceptors (Lipinski definition) is 4. The zero-order chi connectivity index (χ0) is 25.7. The van der Waals surface area contributed by atoms with Gasteiger partial charge >= 0.3 is 0 Å². The molecule has 0 bridgehead atoms. The van der Waals surface area contributed by atoms with E-state index in [1.54, 1.807) is 42.5 Å². The predicted molar refractivity (Wildman–Crippen MR) is 144 cm³/mol. The number of rotatable bonds is 9. The van der Waals surface area contributed by atoms with Gasteiger partial charge in [0.15, 0.2) is 0 Å². The molecular weight excluding hydrogens is 472 g/mol. The van der Waals surface area contributed by atoms with Crippen molar-refractivity contribution in [1.82, 2.24) is 5.32 Å². The van der Waals surface area contributed by atoms with Crippen LogP contribution in [0.4, 0.5) is 5.69 Å². The lowest BCUT2D eigenvalue weighted by atomic mass is 10.0. The van der Waals surface area contributed by atoms with Crippen molar-refractivity contribution < 1.29 is 18.3 Å².